The SMILES string of the molecule is Cc1nc(Nc2ncccn2)cc(C2CCCN2c2ccnc(C)n2)n1. The summed E-state index contributed by atoms with van der Waals surface area (Å²) in [4.78, 5) is 28.6. The number of nitrogens with one attached hydrogen (secondary N) is 1. The molecular weight excluding hydrogens is 328 g/mol. The van der Waals surface area contributed by atoms with E-state index < -0.39 is 0 Å². The third kappa shape index (κ3) is 3.44. The van der Waals surface area contributed by atoms with Gasteiger partial charge in [-0.25, -0.2) is 29.9 Å². The van der Waals surface area contributed by atoms with E-state index in [1.165, 1.54) is 0 Å². The van der Waals surface area contributed by atoms with Crippen LogP contribution in [0, 0.1) is 13.8 Å². The third-order valence-corrected chi connectivity index (χ3v) is 4.31. The Morgan fingerprint density at radius 1 is 1.00 bits per heavy atom. The summed E-state index contributed by atoms with van der Waals surface area (Å²) in [6.07, 6.45) is 7.32. The van der Waals surface area contributed by atoms with E-state index in [1.807, 2.05) is 26.0 Å². The second-order valence-electron chi connectivity index (χ2n) is 6.24. The van der Waals surface area contributed by atoms with Crippen molar-refractivity contribution in [2.75, 3.05) is 16.8 Å². The molecule has 3 aromatic rings. The predicted octanol–water partition coefficient (Wildman–Crippen LogP) is 2.76. The van der Waals surface area contributed by atoms with Gasteiger partial charge in [0.2, 0.25) is 5.95 Å². The monoisotopic (exact) mass is 348 g/mol. The molecule has 1 N–H and O–H groups in total. The maximum atomic E-state index is 4.68. The minimum atomic E-state index is 0.170. The second-order valence-corrected chi connectivity index (χ2v) is 6.24. The van der Waals surface area contributed by atoms with Crippen LogP contribution in [0.2, 0.25) is 0 Å². The average Bonchev–Trinajstić information content (AvgIpc) is 3.12. The van der Waals surface area contributed by atoms with Crippen LogP contribution in [0.15, 0.2) is 36.8 Å². The lowest BCUT2D eigenvalue weighted by Gasteiger charge is -2.25. The van der Waals surface area contributed by atoms with Crippen molar-refractivity contribution < 1.29 is 0 Å². The number of rotatable bonds is 4. The predicted molar refractivity (Wildman–Crippen MR) is 98.2 cm³/mol. The minimum Gasteiger partial charge on any atom is -0.348 e. The van der Waals surface area contributed by atoms with Gasteiger partial charge in [-0.15, -0.1) is 0 Å². The van der Waals surface area contributed by atoms with Crippen molar-refractivity contribution in [1.29, 1.82) is 0 Å². The highest BCUT2D eigenvalue weighted by Crippen LogP contribution is 2.35. The number of aromatic nitrogens is 6. The normalized spacial score (nSPS) is 16.7. The van der Waals surface area contributed by atoms with Gasteiger partial charge in [0, 0.05) is 31.2 Å². The molecule has 0 saturated carbocycles. The number of hydrogen-bond acceptors (Lipinski definition) is 8. The van der Waals surface area contributed by atoms with Crippen molar-refractivity contribution in [3.05, 3.63) is 54.1 Å². The van der Waals surface area contributed by atoms with Gasteiger partial charge >= 0.3 is 0 Å². The first-order chi connectivity index (χ1) is 12.7. The zero-order chi connectivity index (χ0) is 17.9. The summed E-state index contributed by atoms with van der Waals surface area (Å²) in [6, 6.07) is 5.88. The molecule has 0 spiro atoms. The van der Waals surface area contributed by atoms with E-state index in [9.17, 15) is 0 Å². The Morgan fingerprint density at radius 3 is 2.65 bits per heavy atom. The van der Waals surface area contributed by atoms with E-state index in [1.54, 1.807) is 24.7 Å². The molecule has 8 nitrogen and oxygen atoms in total. The van der Waals surface area contributed by atoms with Crippen LogP contribution in [-0.4, -0.2) is 36.4 Å². The highest BCUT2D eigenvalue weighted by molar-refractivity contribution is 5.50. The molecule has 8 heteroatoms. The van der Waals surface area contributed by atoms with Gasteiger partial charge in [-0.3, -0.25) is 0 Å². The lowest BCUT2D eigenvalue weighted by atomic mass is 10.1. The minimum absolute atomic E-state index is 0.170. The Morgan fingerprint density at radius 2 is 1.85 bits per heavy atom. The van der Waals surface area contributed by atoms with E-state index in [0.717, 1.165) is 36.7 Å². The largest absolute Gasteiger partial charge is 0.348 e. The van der Waals surface area contributed by atoms with Crippen LogP contribution >= 0.6 is 0 Å². The summed E-state index contributed by atoms with van der Waals surface area (Å²) < 4.78 is 0. The fourth-order valence-electron chi connectivity index (χ4n) is 3.26. The topological polar surface area (TPSA) is 92.6 Å². The first-order valence-corrected chi connectivity index (χ1v) is 8.65. The molecule has 1 atom stereocenters. The molecule has 26 heavy (non-hydrogen) atoms. The fourth-order valence-corrected chi connectivity index (χ4v) is 3.26. The van der Waals surface area contributed by atoms with Gasteiger partial charge < -0.3 is 10.2 Å². The summed E-state index contributed by atoms with van der Waals surface area (Å²) in [5.41, 5.74) is 0.977. The second kappa shape index (κ2) is 6.99. The number of aryl methyl sites for hydroxylation is 2. The van der Waals surface area contributed by atoms with Crippen LogP contribution in [0.5, 0.6) is 0 Å². The highest BCUT2D eigenvalue weighted by atomic mass is 15.2. The van der Waals surface area contributed by atoms with Gasteiger partial charge in [0.15, 0.2) is 0 Å². The molecule has 4 rings (SSSR count). The van der Waals surface area contributed by atoms with Gasteiger partial charge in [0.1, 0.15) is 23.3 Å². The number of hydrogen-bond donors (Lipinski definition) is 1. The fraction of sp³-hybridized carbons (Fsp3) is 0.333. The quantitative estimate of drug-likeness (QED) is 0.769. The molecule has 132 valence electrons. The standard InChI is InChI=1S/C18H20N8/c1-12-19-9-6-17(24-12)26-10-3-5-15(26)14-11-16(23-13(2)22-14)25-18-20-7-4-8-21-18/h4,6-9,11,15H,3,5,10H2,1-2H3,(H,20,21,22,23,25). The van der Waals surface area contributed by atoms with Crippen molar-refractivity contribution in [2.24, 2.45) is 0 Å². The Labute approximate surface area is 151 Å². The Kier molecular flexibility index (Phi) is 4.39. The van der Waals surface area contributed by atoms with Crippen molar-refractivity contribution in [3.63, 3.8) is 0 Å². The smallest absolute Gasteiger partial charge is 0.228 e. The zero-order valence-corrected chi connectivity index (χ0v) is 14.8. The Bertz CT molecular complexity index is 899. The molecule has 1 fully saturated rings. The molecule has 0 aliphatic carbocycles. The molecule has 0 radical (unpaired) electrons. The maximum absolute atomic E-state index is 4.68. The first-order valence-electron chi connectivity index (χ1n) is 8.65. The maximum Gasteiger partial charge on any atom is 0.228 e. The molecule has 1 saturated heterocycles. The average molecular weight is 348 g/mol. The Balaban J connectivity index is 1.64. The molecule has 0 bridgehead atoms. The molecular formula is C18H20N8. The van der Waals surface area contributed by atoms with Crippen LogP contribution in [0.1, 0.15) is 36.2 Å². The van der Waals surface area contributed by atoms with E-state index in [0.29, 0.717) is 17.6 Å². The lowest BCUT2D eigenvalue weighted by Crippen LogP contribution is -2.25. The Hall–Kier alpha value is -3.16. The summed E-state index contributed by atoms with van der Waals surface area (Å²) in [5, 5.41) is 3.15. The molecule has 1 aliphatic heterocycles. The molecule has 3 aromatic heterocycles. The summed E-state index contributed by atoms with van der Waals surface area (Å²) in [5.74, 6) is 3.65. The van der Waals surface area contributed by atoms with Gasteiger partial charge in [0.05, 0.1) is 11.7 Å². The van der Waals surface area contributed by atoms with Crippen molar-refractivity contribution in [2.45, 2.75) is 32.7 Å². The molecule has 0 aromatic carbocycles. The lowest BCUT2D eigenvalue weighted by molar-refractivity contribution is 0.679. The van der Waals surface area contributed by atoms with E-state index >= 15 is 0 Å². The number of nitrogens with zero attached hydrogens (tertiary/aromatic N) is 7. The van der Waals surface area contributed by atoms with Gasteiger partial charge in [0.25, 0.3) is 0 Å². The van der Waals surface area contributed by atoms with Crippen molar-refractivity contribution in [1.82, 2.24) is 29.9 Å². The molecule has 1 unspecified atom stereocenters. The zero-order valence-electron chi connectivity index (χ0n) is 14.8. The summed E-state index contributed by atoms with van der Waals surface area (Å²) >= 11 is 0. The van der Waals surface area contributed by atoms with Crippen molar-refractivity contribution >= 4 is 17.6 Å². The van der Waals surface area contributed by atoms with Crippen LogP contribution in [0.4, 0.5) is 17.6 Å². The van der Waals surface area contributed by atoms with Gasteiger partial charge in [-0.1, -0.05) is 0 Å². The molecule has 4 heterocycles. The van der Waals surface area contributed by atoms with Gasteiger partial charge in [-0.05, 0) is 38.8 Å². The first kappa shape index (κ1) is 16.3. The van der Waals surface area contributed by atoms with E-state index in [2.05, 4.69) is 40.1 Å². The highest BCUT2D eigenvalue weighted by Gasteiger charge is 2.29. The van der Waals surface area contributed by atoms with Gasteiger partial charge in [-0.2, -0.15) is 0 Å². The summed E-state index contributed by atoms with van der Waals surface area (Å²) in [6.45, 7) is 4.76. The molecule has 0 amide bonds. The summed E-state index contributed by atoms with van der Waals surface area (Å²) in [7, 11) is 0. The van der Waals surface area contributed by atoms with Crippen LogP contribution in [-0.2, 0) is 0 Å². The van der Waals surface area contributed by atoms with E-state index in [-0.39, 0.29) is 6.04 Å². The van der Waals surface area contributed by atoms with Crippen LogP contribution in [0.3, 0.4) is 0 Å². The van der Waals surface area contributed by atoms with E-state index in [4.69, 9.17) is 0 Å². The molecule has 1 aliphatic rings. The van der Waals surface area contributed by atoms with Crippen LogP contribution < -0.4 is 10.2 Å². The van der Waals surface area contributed by atoms with Crippen LogP contribution in [0.25, 0.3) is 0 Å². The number of anilines is 3. The third-order valence-electron chi connectivity index (χ3n) is 4.31. The van der Waals surface area contributed by atoms with Crippen molar-refractivity contribution in [3.8, 4) is 0 Å².